The fraction of sp³-hybridized carbons (Fsp3) is 0.333. The largest absolute Gasteiger partial charge is 0.393 e. The van der Waals surface area contributed by atoms with Gasteiger partial charge in [-0.2, -0.15) is 0 Å². The van der Waals surface area contributed by atoms with Crippen LogP contribution in [0.5, 0.6) is 0 Å². The van der Waals surface area contributed by atoms with Gasteiger partial charge in [0.05, 0.1) is 24.5 Å². The van der Waals surface area contributed by atoms with Crippen LogP contribution < -0.4 is 0 Å². The van der Waals surface area contributed by atoms with Crippen LogP contribution in [0.15, 0.2) is 42.2 Å². The molecule has 0 N–H and O–H groups in total. The summed E-state index contributed by atoms with van der Waals surface area (Å²) in [6, 6.07) is 9.36. The lowest BCUT2D eigenvalue weighted by molar-refractivity contribution is -0.154. The number of allylic oxidation sites excluding steroid dienone is 1. The van der Waals surface area contributed by atoms with Gasteiger partial charge in [-0.1, -0.05) is 30.3 Å². The van der Waals surface area contributed by atoms with E-state index in [2.05, 4.69) is 4.74 Å². The number of fused-ring (bicyclic) bond motifs is 1. The molecule has 5 heteroatoms. The van der Waals surface area contributed by atoms with Crippen LogP contribution in [0.1, 0.15) is 12.0 Å². The highest BCUT2D eigenvalue weighted by Crippen LogP contribution is 2.38. The Bertz CT molecular complexity index is 566. The number of hydrogen-bond acceptors (Lipinski definition) is 4. The standard InChI is InChI=1S/C15H13FO4/c16-10-6-11-13(15(18)20-14(11)17)12(7-10)19-8-9-4-2-1-3-5-9/h1-5,7,11-13H,6,8H2/t11-,12+,13-/m0/s1. The van der Waals surface area contributed by atoms with E-state index in [0.29, 0.717) is 0 Å². The first kappa shape index (κ1) is 13.0. The zero-order valence-electron chi connectivity index (χ0n) is 10.6. The van der Waals surface area contributed by atoms with Gasteiger partial charge in [0.25, 0.3) is 0 Å². The number of carbonyl (C=O) groups excluding carboxylic acids is 2. The van der Waals surface area contributed by atoms with E-state index in [9.17, 15) is 14.0 Å². The van der Waals surface area contributed by atoms with Crippen LogP contribution in [0.4, 0.5) is 4.39 Å². The van der Waals surface area contributed by atoms with Crippen LogP contribution in [0, 0.1) is 11.8 Å². The number of hydrogen-bond donors (Lipinski definition) is 0. The fourth-order valence-electron chi connectivity index (χ4n) is 2.61. The molecule has 1 saturated heterocycles. The molecule has 0 spiro atoms. The molecule has 0 amide bonds. The molecule has 4 nitrogen and oxygen atoms in total. The van der Waals surface area contributed by atoms with E-state index in [4.69, 9.17) is 4.74 Å². The number of cyclic esters (lactones) is 2. The summed E-state index contributed by atoms with van der Waals surface area (Å²) in [7, 11) is 0. The molecule has 104 valence electrons. The van der Waals surface area contributed by atoms with E-state index < -0.39 is 35.7 Å². The van der Waals surface area contributed by atoms with Crippen molar-refractivity contribution in [2.75, 3.05) is 0 Å². The fourth-order valence-corrected chi connectivity index (χ4v) is 2.61. The molecule has 0 bridgehead atoms. The van der Waals surface area contributed by atoms with Crippen molar-refractivity contribution in [3.05, 3.63) is 47.8 Å². The third-order valence-corrected chi connectivity index (χ3v) is 3.61. The van der Waals surface area contributed by atoms with Gasteiger partial charge < -0.3 is 9.47 Å². The van der Waals surface area contributed by atoms with Gasteiger partial charge in [-0.3, -0.25) is 9.59 Å². The van der Waals surface area contributed by atoms with Gasteiger partial charge in [-0.05, 0) is 11.6 Å². The second kappa shape index (κ2) is 5.17. The average Bonchev–Trinajstić information content (AvgIpc) is 2.72. The molecule has 3 rings (SSSR count). The highest BCUT2D eigenvalue weighted by atomic mass is 19.1. The lowest BCUT2D eigenvalue weighted by atomic mass is 9.82. The first-order valence-corrected chi connectivity index (χ1v) is 6.42. The topological polar surface area (TPSA) is 52.6 Å². The minimum absolute atomic E-state index is 0.0829. The number of carbonyl (C=O) groups is 2. The number of halogens is 1. The first-order valence-electron chi connectivity index (χ1n) is 6.42. The van der Waals surface area contributed by atoms with Crippen LogP contribution in [-0.2, 0) is 25.7 Å². The summed E-state index contributed by atoms with van der Waals surface area (Å²) in [5.74, 6) is -3.20. The molecule has 2 aliphatic rings. The van der Waals surface area contributed by atoms with E-state index in [1.165, 1.54) is 6.08 Å². The number of ether oxygens (including phenoxy) is 2. The molecule has 3 atom stereocenters. The Hall–Kier alpha value is -2.01. The quantitative estimate of drug-likeness (QED) is 0.627. The molecule has 0 aromatic heterocycles. The second-order valence-electron chi connectivity index (χ2n) is 4.95. The monoisotopic (exact) mass is 276 g/mol. The van der Waals surface area contributed by atoms with Crippen molar-refractivity contribution in [3.8, 4) is 0 Å². The van der Waals surface area contributed by atoms with Crippen molar-refractivity contribution in [1.82, 2.24) is 0 Å². The number of esters is 2. The third kappa shape index (κ3) is 2.36. The number of rotatable bonds is 3. The summed E-state index contributed by atoms with van der Waals surface area (Å²) in [6.07, 6.45) is 0.428. The lowest BCUT2D eigenvalue weighted by Crippen LogP contribution is -2.34. The van der Waals surface area contributed by atoms with Gasteiger partial charge in [0.15, 0.2) is 0 Å². The first-order chi connectivity index (χ1) is 9.65. The maximum absolute atomic E-state index is 13.6. The Morgan fingerprint density at radius 2 is 1.95 bits per heavy atom. The van der Waals surface area contributed by atoms with Crippen LogP contribution >= 0.6 is 0 Å². The highest BCUT2D eigenvalue weighted by molar-refractivity contribution is 5.97. The molecular formula is C15H13FO4. The highest BCUT2D eigenvalue weighted by Gasteiger charge is 2.51. The van der Waals surface area contributed by atoms with Crippen LogP contribution in [0.3, 0.4) is 0 Å². The Morgan fingerprint density at radius 1 is 1.20 bits per heavy atom. The molecule has 20 heavy (non-hydrogen) atoms. The van der Waals surface area contributed by atoms with Gasteiger partial charge in [-0.25, -0.2) is 4.39 Å². The van der Waals surface area contributed by atoms with Gasteiger partial charge in [0.2, 0.25) is 0 Å². The molecule has 0 radical (unpaired) electrons. The zero-order valence-corrected chi connectivity index (χ0v) is 10.6. The Labute approximate surface area is 115 Å². The Balaban J connectivity index is 1.76. The van der Waals surface area contributed by atoms with Crippen molar-refractivity contribution >= 4 is 11.9 Å². The van der Waals surface area contributed by atoms with Gasteiger partial charge in [0, 0.05) is 6.42 Å². The zero-order chi connectivity index (χ0) is 14.1. The molecule has 1 aliphatic heterocycles. The van der Waals surface area contributed by atoms with Crippen molar-refractivity contribution in [1.29, 1.82) is 0 Å². The van der Waals surface area contributed by atoms with Crippen molar-refractivity contribution < 1.29 is 23.5 Å². The second-order valence-corrected chi connectivity index (χ2v) is 4.95. The van der Waals surface area contributed by atoms with Crippen molar-refractivity contribution in [3.63, 3.8) is 0 Å². The smallest absolute Gasteiger partial charge is 0.320 e. The molecule has 0 saturated carbocycles. The minimum atomic E-state index is -0.757. The average molecular weight is 276 g/mol. The molecule has 1 aliphatic carbocycles. The van der Waals surface area contributed by atoms with Crippen LogP contribution in [-0.4, -0.2) is 18.0 Å². The molecule has 0 unspecified atom stereocenters. The molecule has 1 aromatic rings. The molecule has 1 fully saturated rings. The maximum atomic E-state index is 13.6. The normalized spacial score (nSPS) is 28.9. The Morgan fingerprint density at radius 3 is 2.70 bits per heavy atom. The minimum Gasteiger partial charge on any atom is -0.393 e. The summed E-state index contributed by atoms with van der Waals surface area (Å²) in [4.78, 5) is 23.2. The summed E-state index contributed by atoms with van der Waals surface area (Å²) < 4.78 is 23.7. The van der Waals surface area contributed by atoms with Crippen LogP contribution in [0.2, 0.25) is 0 Å². The lowest BCUT2D eigenvalue weighted by Gasteiger charge is -2.25. The van der Waals surface area contributed by atoms with E-state index in [1.54, 1.807) is 0 Å². The van der Waals surface area contributed by atoms with E-state index in [-0.39, 0.29) is 13.0 Å². The predicted octanol–water partition coefficient (Wildman–Crippen LogP) is 2.14. The van der Waals surface area contributed by atoms with Crippen LogP contribution in [0.25, 0.3) is 0 Å². The summed E-state index contributed by atoms with van der Waals surface area (Å²) in [5, 5.41) is 0. The third-order valence-electron chi connectivity index (χ3n) is 3.61. The van der Waals surface area contributed by atoms with Gasteiger partial charge in [-0.15, -0.1) is 0 Å². The SMILES string of the molecule is O=C1OC(=O)[C@H]2CC(F)=C[C@@H](OCc3ccccc3)[C@@H]12. The van der Waals surface area contributed by atoms with Crippen molar-refractivity contribution in [2.24, 2.45) is 11.8 Å². The molecular weight excluding hydrogens is 263 g/mol. The Kier molecular flexibility index (Phi) is 3.36. The van der Waals surface area contributed by atoms with Crippen molar-refractivity contribution in [2.45, 2.75) is 19.1 Å². The number of benzene rings is 1. The van der Waals surface area contributed by atoms with E-state index in [1.807, 2.05) is 30.3 Å². The van der Waals surface area contributed by atoms with E-state index in [0.717, 1.165) is 5.56 Å². The maximum Gasteiger partial charge on any atom is 0.320 e. The summed E-state index contributed by atoms with van der Waals surface area (Å²) in [5.41, 5.74) is 0.918. The molecule has 1 heterocycles. The van der Waals surface area contributed by atoms with E-state index >= 15 is 0 Å². The van der Waals surface area contributed by atoms with Gasteiger partial charge >= 0.3 is 11.9 Å². The molecule has 1 aromatic carbocycles. The predicted molar refractivity (Wildman–Crippen MR) is 66.9 cm³/mol. The van der Waals surface area contributed by atoms with Gasteiger partial charge in [0.1, 0.15) is 5.92 Å². The summed E-state index contributed by atoms with van der Waals surface area (Å²) >= 11 is 0. The summed E-state index contributed by atoms with van der Waals surface area (Å²) in [6.45, 7) is 0.250.